The Morgan fingerprint density at radius 2 is 1.00 bits per heavy atom. The van der Waals surface area contributed by atoms with Crippen LogP contribution in [0.3, 0.4) is 0 Å². The summed E-state index contributed by atoms with van der Waals surface area (Å²) in [6, 6.07) is 53.0. The highest BCUT2D eigenvalue weighted by Crippen LogP contribution is 2.46. The molecule has 234 valence electrons. The van der Waals surface area contributed by atoms with Crippen LogP contribution in [0.2, 0.25) is 0 Å². The Hall–Kier alpha value is -6.43. The van der Waals surface area contributed by atoms with Crippen LogP contribution in [0.5, 0.6) is 0 Å². The first kappa shape index (κ1) is 28.6. The van der Waals surface area contributed by atoms with Gasteiger partial charge in [0.05, 0.1) is 22.8 Å². The highest BCUT2D eigenvalue weighted by atomic mass is 32.1. The quantitative estimate of drug-likeness (QED) is 0.185. The lowest BCUT2D eigenvalue weighted by molar-refractivity contribution is 0.673. The molecule has 0 unspecified atom stereocenters. The molecule has 4 nitrogen and oxygen atoms in total. The molecule has 0 spiro atoms. The van der Waals surface area contributed by atoms with Crippen LogP contribution in [0.4, 0.5) is 0 Å². The molecular weight excluding hydrogens is 631 g/mol. The first-order valence-corrected chi connectivity index (χ1v) is 17.4. The van der Waals surface area contributed by atoms with Gasteiger partial charge in [-0.25, -0.2) is 4.98 Å². The summed E-state index contributed by atoms with van der Waals surface area (Å²) in [4.78, 5) is 14.1. The van der Waals surface area contributed by atoms with Crippen molar-refractivity contribution in [3.63, 3.8) is 0 Å². The molecule has 5 heterocycles. The van der Waals surface area contributed by atoms with Gasteiger partial charge in [-0.15, -0.1) is 11.3 Å². The summed E-state index contributed by atoms with van der Waals surface area (Å²) in [6.07, 6.45) is 3.60. The molecule has 0 radical (unpaired) electrons. The molecule has 5 heteroatoms. The van der Waals surface area contributed by atoms with Gasteiger partial charge >= 0.3 is 0 Å². The lowest BCUT2D eigenvalue weighted by Gasteiger charge is -2.11. The van der Waals surface area contributed by atoms with Crippen molar-refractivity contribution >= 4 is 53.4 Å². The van der Waals surface area contributed by atoms with Gasteiger partial charge in [0.15, 0.2) is 0 Å². The molecule has 5 aromatic carbocycles. The molecule has 0 amide bonds. The van der Waals surface area contributed by atoms with Crippen LogP contribution in [-0.2, 0) is 0 Å². The standard InChI is InChI=1S/C45H27N3OS/c1-3-13-41-33(9-1)36-27-35(45-43(44(36)49-41)34-10-2-4-14-42(34)50-45)31-21-19-29(20-22-31)28-15-17-30(18-16-28)32-25-39(37-11-5-7-23-46-37)48-40(26-32)38-12-6-8-24-47-38/h1-27H. The maximum absolute atomic E-state index is 6.50. The highest BCUT2D eigenvalue weighted by molar-refractivity contribution is 7.26. The minimum Gasteiger partial charge on any atom is -0.455 e. The van der Waals surface area contributed by atoms with Crippen molar-refractivity contribution in [1.82, 2.24) is 15.0 Å². The number of nitrogens with zero attached hydrogens (tertiary/aromatic N) is 3. The van der Waals surface area contributed by atoms with Gasteiger partial charge in [0.25, 0.3) is 0 Å². The summed E-state index contributed by atoms with van der Waals surface area (Å²) >= 11 is 1.83. The van der Waals surface area contributed by atoms with Gasteiger partial charge in [-0.05, 0) is 82.4 Å². The average Bonchev–Trinajstić information content (AvgIpc) is 3.77. The number of hydrogen-bond acceptors (Lipinski definition) is 5. The number of fused-ring (bicyclic) bond motifs is 7. The van der Waals surface area contributed by atoms with Gasteiger partial charge in [-0.2, -0.15) is 0 Å². The van der Waals surface area contributed by atoms with Gasteiger partial charge in [-0.1, -0.05) is 97.1 Å². The number of furan rings is 1. The Kier molecular flexibility index (Phi) is 6.64. The Bertz CT molecular complexity index is 2780. The van der Waals surface area contributed by atoms with Crippen molar-refractivity contribution in [3.05, 3.63) is 164 Å². The third-order valence-electron chi connectivity index (χ3n) is 9.42. The van der Waals surface area contributed by atoms with Crippen molar-refractivity contribution < 1.29 is 4.42 Å². The Balaban J connectivity index is 1.03. The molecule has 10 aromatic rings. The molecule has 0 saturated heterocycles. The molecule has 0 aliphatic rings. The minimum atomic E-state index is 0.817. The van der Waals surface area contributed by atoms with Gasteiger partial charge in [0.2, 0.25) is 0 Å². The van der Waals surface area contributed by atoms with Crippen LogP contribution < -0.4 is 0 Å². The summed E-state index contributed by atoms with van der Waals surface area (Å²) in [5.41, 5.74) is 12.1. The second-order valence-electron chi connectivity index (χ2n) is 12.4. The number of para-hydroxylation sites is 1. The average molecular weight is 658 g/mol. The molecule has 10 rings (SSSR count). The van der Waals surface area contributed by atoms with E-state index in [0.717, 1.165) is 61.4 Å². The first-order chi connectivity index (χ1) is 24.8. The van der Waals surface area contributed by atoms with E-state index in [2.05, 4.69) is 119 Å². The Morgan fingerprint density at radius 1 is 0.440 bits per heavy atom. The van der Waals surface area contributed by atoms with Crippen molar-refractivity contribution in [3.8, 4) is 56.2 Å². The number of hydrogen-bond donors (Lipinski definition) is 0. The molecule has 0 aliphatic carbocycles. The number of thiophene rings is 1. The van der Waals surface area contributed by atoms with E-state index in [1.807, 2.05) is 53.8 Å². The monoisotopic (exact) mass is 657 g/mol. The van der Waals surface area contributed by atoms with Gasteiger partial charge in [0, 0.05) is 48.9 Å². The summed E-state index contributed by atoms with van der Waals surface area (Å²) in [5.74, 6) is 0. The maximum Gasteiger partial charge on any atom is 0.144 e. The molecule has 0 aliphatic heterocycles. The largest absolute Gasteiger partial charge is 0.455 e. The predicted octanol–water partition coefficient (Wildman–Crippen LogP) is 12.5. The van der Waals surface area contributed by atoms with E-state index in [1.54, 1.807) is 12.4 Å². The van der Waals surface area contributed by atoms with E-state index < -0.39 is 0 Å². The SMILES string of the molecule is c1ccc(-c2cc(-c3ccc(-c4ccc(-c5cc6c7ccccc7oc6c6c5sc5ccccc56)cc4)cc3)cc(-c3ccccn3)n2)nc1. The van der Waals surface area contributed by atoms with Gasteiger partial charge in [-0.3, -0.25) is 9.97 Å². The third-order valence-corrected chi connectivity index (χ3v) is 10.6. The predicted molar refractivity (Wildman–Crippen MR) is 207 cm³/mol. The Morgan fingerprint density at radius 3 is 1.64 bits per heavy atom. The molecule has 50 heavy (non-hydrogen) atoms. The minimum absolute atomic E-state index is 0.817. The second-order valence-corrected chi connectivity index (χ2v) is 13.5. The summed E-state index contributed by atoms with van der Waals surface area (Å²) in [7, 11) is 0. The van der Waals surface area contributed by atoms with Crippen LogP contribution in [0.15, 0.2) is 168 Å². The fraction of sp³-hybridized carbons (Fsp3) is 0. The first-order valence-electron chi connectivity index (χ1n) is 16.6. The normalized spacial score (nSPS) is 11.6. The molecule has 0 fully saturated rings. The smallest absolute Gasteiger partial charge is 0.144 e. The summed E-state index contributed by atoms with van der Waals surface area (Å²) in [5, 5.41) is 4.73. The van der Waals surface area contributed by atoms with Gasteiger partial charge < -0.3 is 4.42 Å². The van der Waals surface area contributed by atoms with E-state index >= 15 is 0 Å². The lowest BCUT2D eigenvalue weighted by Crippen LogP contribution is -1.93. The fourth-order valence-corrected chi connectivity index (χ4v) is 8.20. The summed E-state index contributed by atoms with van der Waals surface area (Å²) < 4.78 is 9.01. The zero-order chi connectivity index (χ0) is 33.0. The molecule has 0 atom stereocenters. The molecular formula is C45H27N3OS. The van der Waals surface area contributed by atoms with Crippen LogP contribution in [0.1, 0.15) is 0 Å². The number of pyridine rings is 3. The van der Waals surface area contributed by atoms with Crippen LogP contribution in [0.25, 0.3) is 98.3 Å². The molecule has 0 bridgehead atoms. The van der Waals surface area contributed by atoms with Crippen molar-refractivity contribution in [1.29, 1.82) is 0 Å². The Labute approximate surface area is 292 Å². The third kappa shape index (κ3) is 4.79. The molecule has 5 aromatic heterocycles. The van der Waals surface area contributed by atoms with Crippen LogP contribution >= 0.6 is 11.3 Å². The number of aromatic nitrogens is 3. The maximum atomic E-state index is 6.50. The number of rotatable bonds is 5. The zero-order valence-corrected chi connectivity index (χ0v) is 27.6. The van der Waals surface area contributed by atoms with E-state index in [4.69, 9.17) is 9.40 Å². The van der Waals surface area contributed by atoms with E-state index in [1.165, 1.54) is 36.9 Å². The van der Waals surface area contributed by atoms with Crippen molar-refractivity contribution in [2.45, 2.75) is 0 Å². The molecule has 0 N–H and O–H groups in total. The lowest BCUT2D eigenvalue weighted by atomic mass is 9.96. The topological polar surface area (TPSA) is 51.8 Å². The highest BCUT2D eigenvalue weighted by Gasteiger charge is 2.19. The van der Waals surface area contributed by atoms with Crippen LogP contribution in [-0.4, -0.2) is 15.0 Å². The van der Waals surface area contributed by atoms with E-state index in [9.17, 15) is 0 Å². The van der Waals surface area contributed by atoms with Crippen molar-refractivity contribution in [2.24, 2.45) is 0 Å². The van der Waals surface area contributed by atoms with E-state index in [-0.39, 0.29) is 0 Å². The van der Waals surface area contributed by atoms with E-state index in [0.29, 0.717) is 0 Å². The number of benzene rings is 5. The van der Waals surface area contributed by atoms with Crippen molar-refractivity contribution in [2.75, 3.05) is 0 Å². The molecule has 0 saturated carbocycles. The zero-order valence-electron chi connectivity index (χ0n) is 26.7. The fourth-order valence-electron chi connectivity index (χ4n) is 6.96. The summed E-state index contributed by atoms with van der Waals surface area (Å²) in [6.45, 7) is 0. The second kappa shape index (κ2) is 11.6. The van der Waals surface area contributed by atoms with Gasteiger partial charge in [0.1, 0.15) is 11.2 Å². The van der Waals surface area contributed by atoms with Crippen LogP contribution in [0, 0.1) is 0 Å².